The van der Waals surface area contributed by atoms with E-state index in [-0.39, 0.29) is 11.6 Å². The van der Waals surface area contributed by atoms with Gasteiger partial charge < -0.3 is 19.5 Å². The van der Waals surface area contributed by atoms with Gasteiger partial charge in [0.2, 0.25) is 0 Å². The second-order valence-electron chi connectivity index (χ2n) is 6.03. The van der Waals surface area contributed by atoms with Crippen LogP contribution >= 0.6 is 0 Å². The van der Waals surface area contributed by atoms with Gasteiger partial charge in [-0.2, -0.15) is 0 Å². The second-order valence-corrected chi connectivity index (χ2v) is 6.03. The molecule has 0 aliphatic carbocycles. The molecule has 0 aromatic rings. The average molecular weight is 289 g/mol. The molecule has 0 bridgehead atoms. The summed E-state index contributed by atoms with van der Waals surface area (Å²) in [5, 5.41) is 3.18. The van der Waals surface area contributed by atoms with E-state index in [9.17, 15) is 4.79 Å². The number of ether oxygens (including phenoxy) is 3. The smallest absolute Gasteiger partial charge is 0.325 e. The Morgan fingerprint density at radius 3 is 2.25 bits per heavy atom. The summed E-state index contributed by atoms with van der Waals surface area (Å²) in [7, 11) is 1.41. The number of esters is 1. The van der Waals surface area contributed by atoms with Crippen LogP contribution in [-0.4, -0.2) is 50.6 Å². The number of hydrogen-bond acceptors (Lipinski definition) is 5. The van der Waals surface area contributed by atoms with Crippen LogP contribution in [0.15, 0.2) is 0 Å². The van der Waals surface area contributed by atoms with Crippen LogP contribution in [0.2, 0.25) is 0 Å². The molecular weight excluding hydrogens is 258 g/mol. The maximum atomic E-state index is 11.8. The van der Waals surface area contributed by atoms with Gasteiger partial charge in [-0.05, 0) is 47.1 Å². The number of nitrogens with one attached hydrogen (secondary N) is 1. The summed E-state index contributed by atoms with van der Waals surface area (Å²) in [5.41, 5.74) is -0.757. The maximum Gasteiger partial charge on any atom is 0.325 e. The molecule has 5 nitrogen and oxygen atoms in total. The number of carbonyl (C=O) groups is 1. The fraction of sp³-hybridized carbons (Fsp3) is 0.933. The van der Waals surface area contributed by atoms with Gasteiger partial charge >= 0.3 is 5.97 Å². The monoisotopic (exact) mass is 289 g/mol. The van der Waals surface area contributed by atoms with E-state index in [1.807, 2.05) is 34.6 Å². The van der Waals surface area contributed by atoms with E-state index in [2.05, 4.69) is 5.32 Å². The first-order chi connectivity index (χ1) is 9.25. The molecule has 0 spiro atoms. The van der Waals surface area contributed by atoms with E-state index >= 15 is 0 Å². The van der Waals surface area contributed by atoms with Crippen molar-refractivity contribution < 1.29 is 19.0 Å². The Kier molecular flexibility index (Phi) is 9.01. The van der Waals surface area contributed by atoms with Crippen LogP contribution in [0.1, 0.15) is 47.5 Å². The van der Waals surface area contributed by atoms with E-state index in [1.54, 1.807) is 0 Å². The van der Waals surface area contributed by atoms with Crippen molar-refractivity contribution in [3.8, 4) is 0 Å². The Balaban J connectivity index is 3.83. The van der Waals surface area contributed by atoms with Gasteiger partial charge in [-0.25, -0.2) is 0 Å². The van der Waals surface area contributed by atoms with Gasteiger partial charge in [0.05, 0.1) is 25.9 Å². The molecule has 20 heavy (non-hydrogen) atoms. The van der Waals surface area contributed by atoms with Gasteiger partial charge in [0, 0.05) is 6.61 Å². The molecule has 0 heterocycles. The van der Waals surface area contributed by atoms with Crippen LogP contribution in [0, 0.1) is 0 Å². The lowest BCUT2D eigenvalue weighted by molar-refractivity contribution is -0.148. The zero-order valence-corrected chi connectivity index (χ0v) is 13.9. The van der Waals surface area contributed by atoms with E-state index in [0.29, 0.717) is 26.2 Å². The summed E-state index contributed by atoms with van der Waals surface area (Å²) in [4.78, 5) is 11.8. The molecule has 0 aromatic carbocycles. The standard InChI is InChI=1S/C15H31NO4/c1-7-16-15(5,13(17)18-6)9-8-10-19-11-12-20-14(2,3)4/h16H,7-12H2,1-6H3. The van der Waals surface area contributed by atoms with Gasteiger partial charge in [0.15, 0.2) is 0 Å². The minimum atomic E-state index is -0.630. The van der Waals surface area contributed by atoms with Crippen LogP contribution < -0.4 is 5.32 Å². The SMILES string of the molecule is CCNC(C)(CCCOCCOC(C)(C)C)C(=O)OC. The van der Waals surface area contributed by atoms with Crippen molar-refractivity contribution in [1.29, 1.82) is 0 Å². The predicted molar refractivity (Wildman–Crippen MR) is 79.9 cm³/mol. The van der Waals surface area contributed by atoms with Crippen LogP contribution in [0.25, 0.3) is 0 Å². The predicted octanol–water partition coefficient (Wildman–Crippen LogP) is 2.14. The largest absolute Gasteiger partial charge is 0.468 e. The van der Waals surface area contributed by atoms with E-state index in [1.165, 1.54) is 7.11 Å². The van der Waals surface area contributed by atoms with E-state index in [0.717, 1.165) is 13.0 Å². The van der Waals surface area contributed by atoms with Crippen LogP contribution in [0.4, 0.5) is 0 Å². The highest BCUT2D eigenvalue weighted by Gasteiger charge is 2.32. The maximum absolute atomic E-state index is 11.8. The summed E-state index contributed by atoms with van der Waals surface area (Å²) >= 11 is 0. The first kappa shape index (κ1) is 19.4. The molecule has 5 heteroatoms. The highest BCUT2D eigenvalue weighted by molar-refractivity contribution is 5.80. The lowest BCUT2D eigenvalue weighted by Gasteiger charge is -2.27. The summed E-state index contributed by atoms with van der Waals surface area (Å²) < 4.78 is 15.9. The Morgan fingerprint density at radius 2 is 1.75 bits per heavy atom. The Bertz CT molecular complexity index is 276. The first-order valence-electron chi connectivity index (χ1n) is 7.30. The zero-order valence-electron chi connectivity index (χ0n) is 13.9. The zero-order chi connectivity index (χ0) is 15.6. The fourth-order valence-corrected chi connectivity index (χ4v) is 1.91. The van der Waals surface area contributed by atoms with Crippen molar-refractivity contribution in [2.45, 2.75) is 58.6 Å². The summed E-state index contributed by atoms with van der Waals surface area (Å²) in [6, 6.07) is 0. The summed E-state index contributed by atoms with van der Waals surface area (Å²) in [6.45, 7) is 12.4. The van der Waals surface area contributed by atoms with E-state index < -0.39 is 5.54 Å². The Hall–Kier alpha value is -0.650. The van der Waals surface area contributed by atoms with Crippen molar-refractivity contribution in [1.82, 2.24) is 5.32 Å². The molecule has 1 unspecified atom stereocenters. The molecule has 0 amide bonds. The molecule has 0 radical (unpaired) electrons. The normalized spacial score (nSPS) is 14.9. The number of hydrogen-bond donors (Lipinski definition) is 1. The highest BCUT2D eigenvalue weighted by Crippen LogP contribution is 2.14. The van der Waals surface area contributed by atoms with Crippen molar-refractivity contribution in [3.63, 3.8) is 0 Å². The fourth-order valence-electron chi connectivity index (χ4n) is 1.91. The van der Waals surface area contributed by atoms with Gasteiger partial charge in [0.25, 0.3) is 0 Å². The first-order valence-corrected chi connectivity index (χ1v) is 7.30. The van der Waals surface area contributed by atoms with Gasteiger partial charge in [-0.1, -0.05) is 6.92 Å². The topological polar surface area (TPSA) is 56.8 Å². The van der Waals surface area contributed by atoms with Crippen LogP contribution in [0.3, 0.4) is 0 Å². The molecule has 0 aliphatic heterocycles. The molecular formula is C15H31NO4. The Morgan fingerprint density at radius 1 is 1.10 bits per heavy atom. The highest BCUT2D eigenvalue weighted by atomic mass is 16.5. The minimum absolute atomic E-state index is 0.127. The number of likely N-dealkylation sites (N-methyl/N-ethyl adjacent to an activating group) is 1. The summed E-state index contributed by atoms with van der Waals surface area (Å²) in [5.74, 6) is -0.226. The van der Waals surface area contributed by atoms with Crippen molar-refractivity contribution >= 4 is 5.97 Å². The third-order valence-corrected chi connectivity index (χ3v) is 2.93. The lowest BCUT2D eigenvalue weighted by atomic mass is 9.96. The van der Waals surface area contributed by atoms with Crippen molar-refractivity contribution in [3.05, 3.63) is 0 Å². The molecule has 0 aliphatic rings. The Labute approximate surface area is 123 Å². The number of rotatable bonds is 10. The average Bonchev–Trinajstić information content (AvgIpc) is 2.35. The van der Waals surface area contributed by atoms with Crippen LogP contribution in [-0.2, 0) is 19.0 Å². The summed E-state index contributed by atoms with van der Waals surface area (Å²) in [6.07, 6.45) is 1.49. The molecule has 0 saturated carbocycles. The lowest BCUT2D eigenvalue weighted by Crippen LogP contribution is -2.50. The quantitative estimate of drug-likeness (QED) is 0.493. The van der Waals surface area contributed by atoms with Crippen LogP contribution in [0.5, 0.6) is 0 Å². The third kappa shape index (κ3) is 8.51. The minimum Gasteiger partial charge on any atom is -0.468 e. The van der Waals surface area contributed by atoms with Gasteiger partial charge in [-0.3, -0.25) is 4.79 Å². The molecule has 0 rings (SSSR count). The molecule has 1 atom stereocenters. The van der Waals surface area contributed by atoms with Gasteiger partial charge in [-0.15, -0.1) is 0 Å². The molecule has 0 fully saturated rings. The van der Waals surface area contributed by atoms with Crippen molar-refractivity contribution in [2.24, 2.45) is 0 Å². The molecule has 0 aromatic heterocycles. The second kappa shape index (κ2) is 9.32. The van der Waals surface area contributed by atoms with Gasteiger partial charge in [0.1, 0.15) is 5.54 Å². The van der Waals surface area contributed by atoms with E-state index in [4.69, 9.17) is 14.2 Å². The molecule has 120 valence electrons. The third-order valence-electron chi connectivity index (χ3n) is 2.93. The number of methoxy groups -OCH3 is 1. The van der Waals surface area contributed by atoms with Crippen molar-refractivity contribution in [2.75, 3.05) is 33.5 Å². The molecule has 1 N–H and O–H groups in total. The molecule has 0 saturated heterocycles. The number of carbonyl (C=O) groups excluding carboxylic acids is 1.